The van der Waals surface area contributed by atoms with Gasteiger partial charge in [0.25, 0.3) is 0 Å². The number of phenols is 1. The Labute approximate surface area is 95.7 Å². The largest absolute Gasteiger partial charge is 0.508 e. The number of hydrogen-bond donors (Lipinski definition) is 2. The maximum absolute atomic E-state index is 9.38. The van der Waals surface area contributed by atoms with Crippen LogP contribution >= 0.6 is 0 Å². The third kappa shape index (κ3) is 2.17. The first-order valence-electron chi connectivity index (χ1n) is 5.65. The molecule has 3 heteroatoms. The number of nitrogens with zero attached hydrogens (tertiary/aromatic N) is 1. The van der Waals surface area contributed by atoms with Crippen LogP contribution in [0.1, 0.15) is 30.5 Å². The second-order valence-corrected chi connectivity index (χ2v) is 4.41. The first-order valence-corrected chi connectivity index (χ1v) is 5.65. The molecule has 1 aromatic rings. The Hall–Kier alpha value is -1.53. The Morgan fingerprint density at radius 1 is 1.62 bits per heavy atom. The summed E-state index contributed by atoms with van der Waals surface area (Å²) in [7, 11) is 0. The zero-order valence-corrected chi connectivity index (χ0v) is 9.40. The van der Waals surface area contributed by atoms with Crippen LogP contribution in [0.25, 0.3) is 0 Å². The van der Waals surface area contributed by atoms with Gasteiger partial charge in [0, 0.05) is 12.6 Å². The molecule has 0 bridgehead atoms. The molecule has 16 heavy (non-hydrogen) atoms. The summed E-state index contributed by atoms with van der Waals surface area (Å²) in [4.78, 5) is 0. The van der Waals surface area contributed by atoms with Gasteiger partial charge in [0.2, 0.25) is 0 Å². The molecule has 0 aliphatic heterocycles. The first-order chi connectivity index (χ1) is 7.70. The van der Waals surface area contributed by atoms with Crippen molar-refractivity contribution < 1.29 is 5.11 Å². The number of nitrogens with one attached hydrogen (secondary N) is 1. The Morgan fingerprint density at radius 3 is 3.19 bits per heavy atom. The summed E-state index contributed by atoms with van der Waals surface area (Å²) < 4.78 is 0. The van der Waals surface area contributed by atoms with Gasteiger partial charge in [0.05, 0.1) is 12.0 Å². The van der Waals surface area contributed by atoms with E-state index in [9.17, 15) is 5.11 Å². The van der Waals surface area contributed by atoms with Crippen molar-refractivity contribution in [2.24, 2.45) is 5.92 Å². The highest BCUT2D eigenvalue weighted by atomic mass is 16.3. The van der Waals surface area contributed by atoms with Crippen LogP contribution < -0.4 is 5.32 Å². The lowest BCUT2D eigenvalue weighted by molar-refractivity contribution is 0.474. The minimum Gasteiger partial charge on any atom is -0.508 e. The molecule has 0 fully saturated rings. The highest BCUT2D eigenvalue weighted by Gasteiger charge is 2.22. The summed E-state index contributed by atoms with van der Waals surface area (Å²) in [5.74, 6) is 0.381. The van der Waals surface area contributed by atoms with Crippen molar-refractivity contribution in [3.8, 4) is 11.8 Å². The van der Waals surface area contributed by atoms with Gasteiger partial charge < -0.3 is 10.4 Å². The molecular weight excluding hydrogens is 200 g/mol. The van der Waals surface area contributed by atoms with Crippen LogP contribution in [0, 0.1) is 17.2 Å². The Morgan fingerprint density at radius 2 is 2.44 bits per heavy atom. The predicted molar refractivity (Wildman–Crippen MR) is 61.9 cm³/mol. The summed E-state index contributed by atoms with van der Waals surface area (Å²) in [6, 6.07) is 8.10. The van der Waals surface area contributed by atoms with E-state index in [1.807, 2.05) is 19.1 Å². The van der Waals surface area contributed by atoms with Gasteiger partial charge in [-0.25, -0.2) is 0 Å². The fourth-order valence-electron chi connectivity index (χ4n) is 2.18. The maximum Gasteiger partial charge on any atom is 0.115 e. The fourth-order valence-corrected chi connectivity index (χ4v) is 2.18. The second kappa shape index (κ2) is 4.54. The van der Waals surface area contributed by atoms with Crippen molar-refractivity contribution in [1.82, 2.24) is 5.32 Å². The normalized spacial score (nSPS) is 20.1. The Bertz CT molecular complexity index is 422. The van der Waals surface area contributed by atoms with Gasteiger partial charge in [-0.3, -0.25) is 0 Å². The molecule has 0 radical (unpaired) electrons. The molecule has 0 amide bonds. The molecule has 0 saturated heterocycles. The fraction of sp³-hybridized carbons (Fsp3) is 0.462. The molecule has 2 rings (SSSR count). The van der Waals surface area contributed by atoms with Crippen LogP contribution in [0.2, 0.25) is 0 Å². The van der Waals surface area contributed by atoms with E-state index in [4.69, 9.17) is 5.26 Å². The zero-order valence-electron chi connectivity index (χ0n) is 9.40. The summed E-state index contributed by atoms with van der Waals surface area (Å²) in [5, 5.41) is 21.5. The topological polar surface area (TPSA) is 56.0 Å². The van der Waals surface area contributed by atoms with Crippen LogP contribution in [0.15, 0.2) is 18.2 Å². The Balaban J connectivity index is 2.04. The number of rotatable bonds is 3. The van der Waals surface area contributed by atoms with E-state index >= 15 is 0 Å². The van der Waals surface area contributed by atoms with Crippen LogP contribution in [0.5, 0.6) is 5.75 Å². The van der Waals surface area contributed by atoms with E-state index in [1.54, 1.807) is 6.07 Å². The lowest BCUT2D eigenvalue weighted by Gasteiger charge is -2.14. The van der Waals surface area contributed by atoms with Gasteiger partial charge in [-0.1, -0.05) is 6.07 Å². The van der Waals surface area contributed by atoms with Gasteiger partial charge in [-0.2, -0.15) is 5.26 Å². The molecule has 2 atom stereocenters. The van der Waals surface area contributed by atoms with E-state index < -0.39 is 0 Å². The van der Waals surface area contributed by atoms with Crippen molar-refractivity contribution in [2.45, 2.75) is 25.8 Å². The van der Waals surface area contributed by atoms with Crippen LogP contribution in [-0.2, 0) is 6.42 Å². The number of aryl methyl sites for hydroxylation is 1. The summed E-state index contributed by atoms with van der Waals surface area (Å²) in [6.45, 7) is 2.64. The summed E-state index contributed by atoms with van der Waals surface area (Å²) in [5.41, 5.74) is 2.49. The van der Waals surface area contributed by atoms with Crippen molar-refractivity contribution in [3.63, 3.8) is 0 Å². The molecule has 0 saturated carbocycles. The summed E-state index contributed by atoms with van der Waals surface area (Å²) in [6.07, 6.45) is 2.05. The van der Waals surface area contributed by atoms with Crippen molar-refractivity contribution in [1.29, 1.82) is 5.26 Å². The van der Waals surface area contributed by atoms with Crippen molar-refractivity contribution in [2.75, 3.05) is 6.54 Å². The molecular formula is C13H16N2O. The lowest BCUT2D eigenvalue weighted by atomic mass is 10.1. The molecule has 0 aromatic heterocycles. The molecule has 0 spiro atoms. The second-order valence-electron chi connectivity index (χ2n) is 4.41. The molecule has 1 aliphatic rings. The van der Waals surface area contributed by atoms with E-state index in [2.05, 4.69) is 11.4 Å². The average molecular weight is 216 g/mol. The zero-order chi connectivity index (χ0) is 11.5. The molecule has 1 aromatic carbocycles. The smallest absolute Gasteiger partial charge is 0.115 e. The van der Waals surface area contributed by atoms with Gasteiger partial charge >= 0.3 is 0 Å². The SMILES string of the molecule is CC(C#N)CNC1CCc2cc(O)ccc21. The van der Waals surface area contributed by atoms with E-state index in [1.165, 1.54) is 11.1 Å². The third-order valence-electron chi connectivity index (χ3n) is 3.10. The Kier molecular flexibility index (Phi) is 3.12. The number of aromatic hydroxyl groups is 1. The number of hydrogen-bond acceptors (Lipinski definition) is 3. The minimum absolute atomic E-state index is 0.0427. The maximum atomic E-state index is 9.38. The van der Waals surface area contributed by atoms with Gasteiger partial charge in [0.15, 0.2) is 0 Å². The standard InChI is InChI=1S/C13H16N2O/c1-9(7-14)8-15-13-5-2-10-6-11(16)3-4-12(10)13/h3-4,6,9,13,15-16H,2,5,8H2,1H3. The molecule has 3 nitrogen and oxygen atoms in total. The molecule has 0 heterocycles. The highest BCUT2D eigenvalue weighted by Crippen LogP contribution is 2.33. The number of benzene rings is 1. The molecule has 1 aliphatic carbocycles. The highest BCUT2D eigenvalue weighted by molar-refractivity contribution is 5.40. The van der Waals surface area contributed by atoms with E-state index in [-0.39, 0.29) is 5.92 Å². The lowest BCUT2D eigenvalue weighted by Crippen LogP contribution is -2.24. The van der Waals surface area contributed by atoms with Gasteiger partial charge in [-0.05, 0) is 43.0 Å². The van der Waals surface area contributed by atoms with Crippen LogP contribution in [0.4, 0.5) is 0 Å². The molecule has 2 N–H and O–H groups in total. The van der Waals surface area contributed by atoms with Crippen molar-refractivity contribution in [3.05, 3.63) is 29.3 Å². The monoisotopic (exact) mass is 216 g/mol. The third-order valence-corrected chi connectivity index (χ3v) is 3.10. The summed E-state index contributed by atoms with van der Waals surface area (Å²) >= 11 is 0. The van der Waals surface area contributed by atoms with Gasteiger partial charge in [-0.15, -0.1) is 0 Å². The number of fused-ring (bicyclic) bond motifs is 1. The number of phenolic OH excluding ortho intramolecular Hbond substituents is 1. The first kappa shape index (κ1) is 11.0. The molecule has 2 unspecified atom stereocenters. The van der Waals surface area contributed by atoms with Gasteiger partial charge in [0.1, 0.15) is 5.75 Å². The van der Waals surface area contributed by atoms with Crippen molar-refractivity contribution >= 4 is 0 Å². The molecule has 84 valence electrons. The van der Waals surface area contributed by atoms with E-state index in [0.717, 1.165) is 19.4 Å². The average Bonchev–Trinajstić information content (AvgIpc) is 2.68. The number of nitriles is 1. The predicted octanol–water partition coefficient (Wildman–Crippen LogP) is 2.13. The van der Waals surface area contributed by atoms with Crippen LogP contribution in [-0.4, -0.2) is 11.7 Å². The quantitative estimate of drug-likeness (QED) is 0.813. The van der Waals surface area contributed by atoms with E-state index in [0.29, 0.717) is 11.8 Å². The minimum atomic E-state index is 0.0427. The van der Waals surface area contributed by atoms with Crippen LogP contribution in [0.3, 0.4) is 0 Å².